The topological polar surface area (TPSA) is 116 Å². The minimum Gasteiger partial charge on any atom is -0.477 e. The van der Waals surface area contributed by atoms with Gasteiger partial charge >= 0.3 is 6.18 Å². The number of hydrogen-bond acceptors (Lipinski definition) is 8. The molecule has 222 valence electrons. The molecule has 9 nitrogen and oxygen atoms in total. The molecule has 1 aromatic heterocycles. The number of nitriles is 1. The average molecular weight is 624 g/mol. The summed E-state index contributed by atoms with van der Waals surface area (Å²) in [6.07, 6.45) is -3.26. The van der Waals surface area contributed by atoms with Crippen LogP contribution in [0.3, 0.4) is 0 Å². The molecule has 15 heteroatoms. The Labute approximate surface area is 244 Å². The number of fused-ring (bicyclic) bond motifs is 1. The van der Waals surface area contributed by atoms with Crippen molar-refractivity contribution in [3.8, 4) is 11.9 Å². The highest BCUT2D eigenvalue weighted by Crippen LogP contribution is 2.41. The maximum Gasteiger partial charge on any atom is 0.417 e. The molecule has 0 N–H and O–H groups in total. The third-order valence-corrected chi connectivity index (χ3v) is 7.97. The van der Waals surface area contributed by atoms with Gasteiger partial charge in [0, 0.05) is 18.4 Å². The van der Waals surface area contributed by atoms with E-state index in [-0.39, 0.29) is 57.9 Å². The van der Waals surface area contributed by atoms with Gasteiger partial charge in [-0.3, -0.25) is 9.69 Å². The van der Waals surface area contributed by atoms with Crippen LogP contribution in [0, 0.1) is 17.1 Å². The molecule has 3 aromatic rings. The average Bonchev–Trinajstić information content (AvgIpc) is 3.08. The Bertz CT molecular complexity index is 1750. The summed E-state index contributed by atoms with van der Waals surface area (Å²) in [5.41, 5.74) is -3.51. The first-order chi connectivity index (χ1) is 19.5. The number of alkyl halides is 3. The zero-order valence-corrected chi connectivity index (χ0v) is 24.5. The van der Waals surface area contributed by atoms with Gasteiger partial charge in [-0.25, -0.2) is 17.8 Å². The minimum absolute atomic E-state index is 0.000818. The van der Waals surface area contributed by atoms with Gasteiger partial charge in [-0.2, -0.15) is 23.4 Å². The number of thiocarbonyl (C=S) groups is 1. The fraction of sp³-hybridized carbons (Fsp3) is 0.370. The first-order valence-electron chi connectivity index (χ1n) is 12.6. The third kappa shape index (κ3) is 5.86. The summed E-state index contributed by atoms with van der Waals surface area (Å²) < 4.78 is 85.2. The van der Waals surface area contributed by atoms with Crippen molar-refractivity contribution in [2.24, 2.45) is 0 Å². The maximum atomic E-state index is 15.6. The lowest BCUT2D eigenvalue weighted by Crippen LogP contribution is -2.44. The summed E-state index contributed by atoms with van der Waals surface area (Å²) in [4.78, 5) is 24.3. The highest BCUT2D eigenvalue weighted by molar-refractivity contribution is 7.90. The molecule has 4 rings (SSSR count). The Balaban J connectivity index is 1.80. The van der Waals surface area contributed by atoms with Crippen molar-refractivity contribution in [3.63, 3.8) is 0 Å². The van der Waals surface area contributed by atoms with Crippen LogP contribution in [0.1, 0.15) is 44.1 Å². The van der Waals surface area contributed by atoms with Crippen molar-refractivity contribution >= 4 is 55.4 Å². The minimum atomic E-state index is -4.86. The molecule has 2 heterocycles. The van der Waals surface area contributed by atoms with Crippen LogP contribution in [0.2, 0.25) is 0 Å². The molecule has 0 spiro atoms. The Morgan fingerprint density at radius 3 is 2.43 bits per heavy atom. The van der Waals surface area contributed by atoms with Crippen molar-refractivity contribution in [2.45, 2.75) is 45.3 Å². The molecule has 0 atom stereocenters. The van der Waals surface area contributed by atoms with Gasteiger partial charge in [0.05, 0.1) is 40.6 Å². The standard InChI is InChI=1S/C27H25F4N5O4S2/c1-5-21-33-22-18(23(34-21)40-9-6-10-42(4,38)39)11-17(13-20(22)28)36-25(41)35(24(37)26(36,2)3)16-8-7-15(14-32)19(12-16)27(29,30)31/h7-8,11-13H,5-6,9-10H2,1-4H3. The second-order valence-corrected chi connectivity index (χ2v) is 12.7. The Kier molecular flexibility index (Phi) is 8.18. The predicted molar refractivity (Wildman–Crippen MR) is 151 cm³/mol. The molecule has 1 amide bonds. The van der Waals surface area contributed by atoms with Crippen LogP contribution < -0.4 is 14.5 Å². The van der Waals surface area contributed by atoms with Gasteiger partial charge in [-0.1, -0.05) is 6.92 Å². The summed E-state index contributed by atoms with van der Waals surface area (Å²) >= 11 is 5.55. The normalized spacial score (nSPS) is 15.4. The molecule has 0 bridgehead atoms. The second kappa shape index (κ2) is 11.1. The first kappa shape index (κ1) is 31.0. The van der Waals surface area contributed by atoms with Gasteiger partial charge in [-0.15, -0.1) is 0 Å². The van der Waals surface area contributed by atoms with Crippen LogP contribution in [0.4, 0.5) is 28.9 Å². The molecule has 1 saturated heterocycles. The molecule has 42 heavy (non-hydrogen) atoms. The maximum absolute atomic E-state index is 15.6. The van der Waals surface area contributed by atoms with Crippen LogP contribution in [-0.4, -0.2) is 53.6 Å². The number of halogens is 4. The summed E-state index contributed by atoms with van der Waals surface area (Å²) in [6, 6.07) is 6.86. The first-order valence-corrected chi connectivity index (χ1v) is 15.1. The number of hydrogen-bond donors (Lipinski definition) is 0. The SMILES string of the molecule is CCc1nc(OCCCS(C)(=O)=O)c2cc(N3C(=S)N(c4ccc(C#N)c(C(F)(F)F)c4)C(=O)C3(C)C)cc(F)c2n1. The van der Waals surface area contributed by atoms with E-state index in [2.05, 4.69) is 9.97 Å². The van der Waals surface area contributed by atoms with Crippen LogP contribution in [0.15, 0.2) is 30.3 Å². The summed E-state index contributed by atoms with van der Waals surface area (Å²) in [7, 11) is -3.23. The lowest BCUT2D eigenvalue weighted by Gasteiger charge is -2.29. The molecule has 1 aliphatic rings. The molecule has 2 aromatic carbocycles. The van der Waals surface area contributed by atoms with Crippen molar-refractivity contribution in [2.75, 3.05) is 28.4 Å². The lowest BCUT2D eigenvalue weighted by atomic mass is 10.0. The highest BCUT2D eigenvalue weighted by atomic mass is 32.2. The number of anilines is 2. The van der Waals surface area contributed by atoms with Crippen molar-refractivity contribution < 1.29 is 35.5 Å². The van der Waals surface area contributed by atoms with Gasteiger partial charge < -0.3 is 9.64 Å². The van der Waals surface area contributed by atoms with E-state index in [0.29, 0.717) is 12.5 Å². The summed E-state index contributed by atoms with van der Waals surface area (Å²) in [5, 5.41) is 9.05. The Morgan fingerprint density at radius 2 is 1.83 bits per heavy atom. The number of carbonyl (C=O) groups excluding carboxylic acids is 1. The van der Waals surface area contributed by atoms with Gasteiger partial charge in [0.25, 0.3) is 5.91 Å². The fourth-order valence-electron chi connectivity index (χ4n) is 4.54. The van der Waals surface area contributed by atoms with Crippen molar-refractivity contribution in [1.82, 2.24) is 9.97 Å². The largest absolute Gasteiger partial charge is 0.477 e. The quantitative estimate of drug-likeness (QED) is 0.195. The molecule has 1 aliphatic heterocycles. The van der Waals surface area contributed by atoms with E-state index < -0.39 is 44.4 Å². The van der Waals surface area contributed by atoms with E-state index in [4.69, 9.17) is 22.2 Å². The van der Waals surface area contributed by atoms with Crippen LogP contribution in [-0.2, 0) is 27.2 Å². The molecule has 0 unspecified atom stereocenters. The van der Waals surface area contributed by atoms with Crippen LogP contribution >= 0.6 is 12.2 Å². The van der Waals surface area contributed by atoms with Gasteiger partial charge in [0.15, 0.2) is 10.9 Å². The summed E-state index contributed by atoms with van der Waals surface area (Å²) in [6.45, 7) is 4.70. The molecular formula is C27H25F4N5O4S2. The van der Waals surface area contributed by atoms with Crippen molar-refractivity contribution in [3.05, 3.63) is 53.1 Å². The number of amides is 1. The van der Waals surface area contributed by atoms with E-state index in [1.54, 1.807) is 6.92 Å². The lowest BCUT2D eigenvalue weighted by molar-refractivity contribution is -0.137. The molecule has 0 saturated carbocycles. The Morgan fingerprint density at radius 1 is 1.14 bits per heavy atom. The molecule has 0 aliphatic carbocycles. The number of aryl methyl sites for hydroxylation is 1. The number of sulfone groups is 1. The molecule has 1 fully saturated rings. The van der Waals surface area contributed by atoms with Gasteiger partial charge in [-0.05, 0) is 62.8 Å². The number of ether oxygens (including phenoxy) is 1. The fourth-order valence-corrected chi connectivity index (χ4v) is 5.70. The second-order valence-electron chi connectivity index (χ2n) is 10.1. The Hall–Kier alpha value is -3.90. The number of aromatic nitrogens is 2. The number of benzene rings is 2. The third-order valence-electron chi connectivity index (χ3n) is 6.58. The van der Waals surface area contributed by atoms with E-state index in [1.165, 1.54) is 36.9 Å². The number of nitrogens with zero attached hydrogens (tertiary/aromatic N) is 5. The molecular weight excluding hydrogens is 598 g/mol. The van der Waals surface area contributed by atoms with E-state index in [9.17, 15) is 26.4 Å². The van der Waals surface area contributed by atoms with Gasteiger partial charge in [0.2, 0.25) is 5.88 Å². The van der Waals surface area contributed by atoms with E-state index in [1.807, 2.05) is 0 Å². The zero-order valence-electron chi connectivity index (χ0n) is 22.9. The number of carbonyl (C=O) groups is 1. The van der Waals surface area contributed by atoms with E-state index >= 15 is 4.39 Å². The number of rotatable bonds is 8. The van der Waals surface area contributed by atoms with E-state index in [0.717, 1.165) is 23.3 Å². The van der Waals surface area contributed by atoms with Gasteiger partial charge in [0.1, 0.15) is 26.7 Å². The van der Waals surface area contributed by atoms with Crippen molar-refractivity contribution in [1.29, 1.82) is 5.26 Å². The zero-order chi connectivity index (χ0) is 31.2. The molecule has 0 radical (unpaired) electrons. The predicted octanol–water partition coefficient (Wildman–Crippen LogP) is 4.95. The smallest absolute Gasteiger partial charge is 0.417 e. The monoisotopic (exact) mass is 623 g/mol. The summed E-state index contributed by atoms with van der Waals surface area (Å²) in [5.74, 6) is -1.31. The highest BCUT2D eigenvalue weighted by Gasteiger charge is 2.51. The van der Waals surface area contributed by atoms with Crippen LogP contribution in [0.5, 0.6) is 5.88 Å². The van der Waals surface area contributed by atoms with Crippen LogP contribution in [0.25, 0.3) is 10.9 Å².